The lowest BCUT2D eigenvalue weighted by Crippen LogP contribution is -2.49. The molecule has 8 heteroatoms. The van der Waals surface area contributed by atoms with Gasteiger partial charge in [-0.2, -0.15) is 9.97 Å². The summed E-state index contributed by atoms with van der Waals surface area (Å²) in [6.45, 7) is 7.72. The third-order valence-corrected chi connectivity index (χ3v) is 7.18. The molecular weight excluding hydrogens is 448 g/mol. The first-order valence-corrected chi connectivity index (χ1v) is 12.5. The van der Waals surface area contributed by atoms with Gasteiger partial charge in [-0.1, -0.05) is 29.3 Å². The second kappa shape index (κ2) is 8.71. The normalized spacial score (nSPS) is 21.7. The molecule has 0 spiro atoms. The van der Waals surface area contributed by atoms with Crippen molar-refractivity contribution in [3.8, 4) is 11.8 Å². The number of aromatic nitrogens is 2. The summed E-state index contributed by atoms with van der Waals surface area (Å²) in [6, 6.07) is 6.62. The molecule has 2 N–H and O–H groups in total. The molecule has 6 rings (SSSR count). The van der Waals surface area contributed by atoms with Gasteiger partial charge in [0.2, 0.25) is 0 Å². The zero-order valence-corrected chi connectivity index (χ0v) is 20.3. The van der Waals surface area contributed by atoms with E-state index in [9.17, 15) is 0 Å². The first-order chi connectivity index (χ1) is 16.5. The summed E-state index contributed by atoms with van der Waals surface area (Å²) >= 11 is 6.72. The number of hydrogen-bond donors (Lipinski definition) is 2. The van der Waals surface area contributed by atoms with Crippen LogP contribution >= 0.6 is 11.6 Å². The van der Waals surface area contributed by atoms with Crippen molar-refractivity contribution >= 4 is 35.1 Å². The number of nitrogens with zero attached hydrogens (tertiary/aromatic N) is 4. The average Bonchev–Trinajstić information content (AvgIpc) is 3.44. The first kappa shape index (κ1) is 21.6. The molecule has 1 saturated heterocycles. The minimum absolute atomic E-state index is 0.275. The molecule has 1 aromatic carbocycles. The molecule has 1 saturated carbocycles. The quantitative estimate of drug-likeness (QED) is 0.643. The lowest BCUT2D eigenvalue weighted by molar-refractivity contribution is 0.438. The predicted octanol–water partition coefficient (Wildman–Crippen LogP) is 4.84. The Balaban J connectivity index is 1.31. The zero-order chi connectivity index (χ0) is 23.2. The van der Waals surface area contributed by atoms with E-state index >= 15 is 0 Å². The smallest absolute Gasteiger partial charge is 0.325 e. The number of rotatable bonds is 5. The number of nitrogens with one attached hydrogen (secondary N) is 2. The molecule has 2 aliphatic carbocycles. The van der Waals surface area contributed by atoms with E-state index in [1.165, 1.54) is 29.6 Å². The fraction of sp³-hybridized carbons (Fsp3) is 0.423. The third kappa shape index (κ3) is 4.42. The first-order valence-electron chi connectivity index (χ1n) is 12.1. The van der Waals surface area contributed by atoms with Gasteiger partial charge >= 0.3 is 6.01 Å². The highest BCUT2D eigenvalue weighted by Crippen LogP contribution is 2.39. The Hall–Kier alpha value is -2.90. The molecule has 34 heavy (non-hydrogen) atoms. The van der Waals surface area contributed by atoms with Crippen LogP contribution in [0.2, 0.25) is 5.02 Å². The molecular formula is C26H29ClN6O. The van der Waals surface area contributed by atoms with Crippen LogP contribution in [0.4, 0.5) is 11.6 Å². The van der Waals surface area contributed by atoms with Crippen molar-refractivity contribution in [3.05, 3.63) is 51.6 Å². The molecule has 0 amide bonds. The molecule has 3 heterocycles. The number of hydrogen-bond acceptors (Lipinski definition) is 7. The van der Waals surface area contributed by atoms with Gasteiger partial charge in [-0.15, -0.1) is 0 Å². The minimum atomic E-state index is 0.275. The zero-order valence-electron chi connectivity index (χ0n) is 19.6. The second-order valence-electron chi connectivity index (χ2n) is 9.74. The number of fused-ring (bicyclic) bond motifs is 1. The standard InChI is InChI=1S/C26H29ClN6O/c1-15-9-18-5-6-21(25(27)20(18)10-15)34-26-31-23(30-22-11-19(13-29-22)17-3-4-17)12-24(32-26)33-8-7-28-16(2)14-33/h5-6,10-12,16-17,28H,3-4,7-9,13-14H2,1-2H3,(H,29,30,31,32). The van der Waals surface area contributed by atoms with E-state index in [0.29, 0.717) is 28.5 Å². The molecule has 7 nitrogen and oxygen atoms in total. The summed E-state index contributed by atoms with van der Waals surface area (Å²) < 4.78 is 6.18. The lowest BCUT2D eigenvalue weighted by atomic mass is 10.1. The van der Waals surface area contributed by atoms with E-state index in [0.717, 1.165) is 49.8 Å². The number of halogens is 1. The molecule has 176 valence electrons. The molecule has 1 atom stereocenters. The van der Waals surface area contributed by atoms with Gasteiger partial charge in [0.05, 0.1) is 11.6 Å². The Kier molecular flexibility index (Phi) is 5.54. The molecule has 1 unspecified atom stereocenters. The minimum Gasteiger partial charge on any atom is -0.423 e. The Bertz CT molecular complexity index is 1230. The van der Waals surface area contributed by atoms with E-state index < -0.39 is 0 Å². The fourth-order valence-corrected chi connectivity index (χ4v) is 5.15. The number of piperazine rings is 1. The summed E-state index contributed by atoms with van der Waals surface area (Å²) in [5.41, 5.74) is 4.96. The van der Waals surface area contributed by atoms with Crippen LogP contribution < -0.4 is 20.3 Å². The molecule has 0 radical (unpaired) electrons. The van der Waals surface area contributed by atoms with E-state index in [1.807, 2.05) is 12.1 Å². The Morgan fingerprint density at radius 2 is 2.09 bits per heavy atom. The topological polar surface area (TPSA) is 74.7 Å². The van der Waals surface area contributed by atoms with E-state index in [4.69, 9.17) is 21.3 Å². The highest BCUT2D eigenvalue weighted by molar-refractivity contribution is 6.33. The number of benzene rings is 1. The third-order valence-electron chi connectivity index (χ3n) is 6.79. The van der Waals surface area contributed by atoms with Gasteiger partial charge < -0.3 is 20.3 Å². The van der Waals surface area contributed by atoms with E-state index in [-0.39, 0.29) is 6.01 Å². The van der Waals surface area contributed by atoms with Gasteiger partial charge in [-0.3, -0.25) is 4.99 Å². The molecule has 2 aliphatic heterocycles. The second-order valence-corrected chi connectivity index (χ2v) is 10.1. The van der Waals surface area contributed by atoms with E-state index in [2.05, 4.69) is 57.6 Å². The maximum Gasteiger partial charge on any atom is 0.325 e. The van der Waals surface area contributed by atoms with Gasteiger partial charge in [-0.25, -0.2) is 0 Å². The number of anilines is 2. The summed E-state index contributed by atoms with van der Waals surface area (Å²) in [5, 5.41) is 7.48. The van der Waals surface area contributed by atoms with Crippen molar-refractivity contribution in [2.45, 2.75) is 39.2 Å². The SMILES string of the molecule is CC1=Cc2c(ccc(Oc3nc(NC4=NCC(C5CC5)=C4)cc(N4CCNC(C)C4)n3)c2Cl)C1. The molecule has 2 fully saturated rings. The van der Waals surface area contributed by atoms with Crippen molar-refractivity contribution in [1.29, 1.82) is 0 Å². The van der Waals surface area contributed by atoms with Crippen molar-refractivity contribution < 1.29 is 4.74 Å². The van der Waals surface area contributed by atoms with Crippen LogP contribution in [0.3, 0.4) is 0 Å². The van der Waals surface area contributed by atoms with E-state index in [1.54, 1.807) is 0 Å². The predicted molar refractivity (Wildman–Crippen MR) is 137 cm³/mol. The van der Waals surface area contributed by atoms with Crippen LogP contribution in [0.15, 0.2) is 40.4 Å². The summed E-state index contributed by atoms with van der Waals surface area (Å²) in [4.78, 5) is 16.4. The number of aliphatic imine (C=N–C) groups is 1. The Morgan fingerprint density at radius 3 is 2.91 bits per heavy atom. The monoisotopic (exact) mass is 476 g/mol. The van der Waals surface area contributed by atoms with Crippen LogP contribution in [-0.2, 0) is 6.42 Å². The summed E-state index contributed by atoms with van der Waals surface area (Å²) in [7, 11) is 0. The van der Waals surface area contributed by atoms with Gasteiger partial charge in [-0.05, 0) is 62.3 Å². The molecule has 1 aromatic heterocycles. The van der Waals surface area contributed by atoms with Crippen LogP contribution in [0, 0.1) is 5.92 Å². The van der Waals surface area contributed by atoms with Crippen molar-refractivity contribution in [3.63, 3.8) is 0 Å². The van der Waals surface area contributed by atoms with Crippen LogP contribution in [0.5, 0.6) is 11.8 Å². The lowest BCUT2D eigenvalue weighted by Gasteiger charge is -2.32. The summed E-state index contributed by atoms with van der Waals surface area (Å²) in [6.07, 6.45) is 7.77. The van der Waals surface area contributed by atoms with Gasteiger partial charge in [0.15, 0.2) is 0 Å². The van der Waals surface area contributed by atoms with Gasteiger partial charge in [0.1, 0.15) is 23.2 Å². The highest BCUT2D eigenvalue weighted by Gasteiger charge is 2.28. The number of allylic oxidation sites excluding steroid dienone is 1. The average molecular weight is 477 g/mol. The number of amidine groups is 1. The maximum atomic E-state index is 6.72. The Labute approximate surface area is 205 Å². The highest BCUT2D eigenvalue weighted by atomic mass is 35.5. The van der Waals surface area contributed by atoms with Gasteiger partial charge in [0.25, 0.3) is 0 Å². The van der Waals surface area contributed by atoms with Crippen molar-refractivity contribution in [2.24, 2.45) is 10.9 Å². The molecule has 0 bridgehead atoms. The fourth-order valence-electron chi connectivity index (χ4n) is 4.87. The van der Waals surface area contributed by atoms with Crippen molar-refractivity contribution in [1.82, 2.24) is 15.3 Å². The molecule has 4 aliphatic rings. The molecule has 2 aromatic rings. The Morgan fingerprint density at radius 1 is 1.21 bits per heavy atom. The van der Waals surface area contributed by atoms with Crippen LogP contribution in [-0.4, -0.2) is 48.0 Å². The van der Waals surface area contributed by atoms with Crippen LogP contribution in [0.25, 0.3) is 6.08 Å². The largest absolute Gasteiger partial charge is 0.423 e. The maximum absolute atomic E-state index is 6.72. The number of ether oxygens (including phenoxy) is 1. The summed E-state index contributed by atoms with van der Waals surface area (Å²) in [5.74, 6) is 3.63. The van der Waals surface area contributed by atoms with Gasteiger partial charge in [0, 0.05) is 37.3 Å². The van der Waals surface area contributed by atoms with Crippen LogP contribution in [0.1, 0.15) is 37.8 Å². The van der Waals surface area contributed by atoms with Crippen molar-refractivity contribution in [2.75, 3.05) is 36.4 Å².